The molecule has 0 unspecified atom stereocenters. The summed E-state index contributed by atoms with van der Waals surface area (Å²) >= 11 is 0. The van der Waals surface area contributed by atoms with E-state index >= 15 is 0 Å². The van der Waals surface area contributed by atoms with Crippen LogP contribution in [0.5, 0.6) is 0 Å². The number of hydrogen-bond donors (Lipinski definition) is 0. The third kappa shape index (κ3) is 3.58. The van der Waals surface area contributed by atoms with Gasteiger partial charge in [0.15, 0.2) is 0 Å². The van der Waals surface area contributed by atoms with Gasteiger partial charge in [-0.2, -0.15) is 17.6 Å². The van der Waals surface area contributed by atoms with Gasteiger partial charge in [0.25, 0.3) is 0 Å². The molecule has 0 radical (unpaired) electrons. The molecule has 3 rings (SSSR count). The second kappa shape index (κ2) is 6.03. The van der Waals surface area contributed by atoms with E-state index in [0.29, 0.717) is 5.56 Å². The molecule has 0 saturated heterocycles. The van der Waals surface area contributed by atoms with Gasteiger partial charge < -0.3 is 4.57 Å². The third-order valence-corrected chi connectivity index (χ3v) is 3.28. The molecular formula is C16H10F5N3. The summed E-state index contributed by atoms with van der Waals surface area (Å²) in [6.07, 6.45) is -0.814. The first-order valence-electron chi connectivity index (χ1n) is 6.82. The van der Waals surface area contributed by atoms with Gasteiger partial charge in [0.1, 0.15) is 11.5 Å². The lowest BCUT2D eigenvalue weighted by atomic mass is 10.1. The minimum Gasteiger partial charge on any atom is -0.347 e. The maximum atomic E-state index is 13.7. The summed E-state index contributed by atoms with van der Waals surface area (Å²) in [5.74, 6) is -1.20. The highest BCUT2D eigenvalue weighted by Crippen LogP contribution is 2.28. The van der Waals surface area contributed by atoms with Crippen LogP contribution in [0.25, 0.3) is 11.3 Å². The van der Waals surface area contributed by atoms with Crippen molar-refractivity contribution in [3.05, 3.63) is 71.9 Å². The van der Waals surface area contributed by atoms with E-state index in [2.05, 4.69) is 9.97 Å². The largest absolute Gasteiger partial charge is 0.433 e. The molecule has 0 saturated carbocycles. The second-order valence-corrected chi connectivity index (χ2v) is 5.12. The molecule has 3 aromatic heterocycles. The van der Waals surface area contributed by atoms with Crippen LogP contribution >= 0.6 is 0 Å². The molecule has 3 aromatic rings. The zero-order chi connectivity index (χ0) is 17.3. The van der Waals surface area contributed by atoms with Crippen molar-refractivity contribution in [1.29, 1.82) is 0 Å². The fraction of sp³-hybridized carbons (Fsp3) is 0.125. The van der Waals surface area contributed by atoms with Gasteiger partial charge in [-0.3, -0.25) is 4.98 Å². The van der Waals surface area contributed by atoms with E-state index in [9.17, 15) is 22.0 Å². The van der Waals surface area contributed by atoms with Gasteiger partial charge in [-0.25, -0.2) is 9.37 Å². The van der Waals surface area contributed by atoms with Gasteiger partial charge in [-0.1, -0.05) is 0 Å². The van der Waals surface area contributed by atoms with Gasteiger partial charge in [-0.05, 0) is 35.9 Å². The van der Waals surface area contributed by atoms with Crippen LogP contribution in [0, 0.1) is 11.8 Å². The Morgan fingerprint density at radius 3 is 2.42 bits per heavy atom. The first-order valence-corrected chi connectivity index (χ1v) is 6.82. The van der Waals surface area contributed by atoms with Crippen LogP contribution in [0.2, 0.25) is 0 Å². The summed E-state index contributed by atoms with van der Waals surface area (Å²) in [5, 5.41) is 0. The predicted molar refractivity (Wildman–Crippen MR) is 75.9 cm³/mol. The Balaban J connectivity index is 1.91. The number of pyridine rings is 2. The molecule has 0 fully saturated rings. The molecule has 0 aliphatic rings. The Morgan fingerprint density at radius 2 is 1.83 bits per heavy atom. The van der Waals surface area contributed by atoms with Crippen LogP contribution in [0.1, 0.15) is 11.3 Å². The number of aromatic nitrogens is 3. The summed E-state index contributed by atoms with van der Waals surface area (Å²) in [7, 11) is 0. The Labute approximate surface area is 133 Å². The van der Waals surface area contributed by atoms with Crippen molar-refractivity contribution in [1.82, 2.24) is 14.5 Å². The molecule has 0 N–H and O–H groups in total. The maximum Gasteiger partial charge on any atom is 0.433 e. The molecule has 0 spiro atoms. The van der Waals surface area contributed by atoms with Gasteiger partial charge in [0, 0.05) is 30.7 Å². The van der Waals surface area contributed by atoms with Crippen LogP contribution in [-0.4, -0.2) is 14.5 Å². The van der Waals surface area contributed by atoms with E-state index in [0.717, 1.165) is 12.3 Å². The molecule has 0 amide bonds. The maximum absolute atomic E-state index is 13.7. The van der Waals surface area contributed by atoms with Gasteiger partial charge in [-0.15, -0.1) is 0 Å². The van der Waals surface area contributed by atoms with Crippen molar-refractivity contribution in [3.8, 4) is 11.3 Å². The zero-order valence-electron chi connectivity index (χ0n) is 12.1. The molecule has 0 bridgehead atoms. The minimum absolute atomic E-state index is 0.152. The van der Waals surface area contributed by atoms with E-state index in [1.54, 1.807) is 0 Å². The highest BCUT2D eigenvalue weighted by Gasteiger charge is 2.32. The predicted octanol–water partition coefficient (Wildman–Crippen LogP) is 4.29. The molecule has 0 aliphatic heterocycles. The van der Waals surface area contributed by atoms with Crippen LogP contribution < -0.4 is 0 Å². The molecular weight excluding hydrogens is 329 g/mol. The molecule has 24 heavy (non-hydrogen) atoms. The lowest BCUT2D eigenvalue weighted by Crippen LogP contribution is -2.07. The highest BCUT2D eigenvalue weighted by molar-refractivity contribution is 5.58. The Kier molecular flexibility index (Phi) is 4.04. The van der Waals surface area contributed by atoms with Gasteiger partial charge in [0.05, 0.1) is 5.69 Å². The van der Waals surface area contributed by atoms with E-state index in [1.165, 1.54) is 41.2 Å². The fourth-order valence-corrected chi connectivity index (χ4v) is 2.22. The quantitative estimate of drug-likeness (QED) is 0.526. The van der Waals surface area contributed by atoms with Crippen LogP contribution in [0.15, 0.2) is 48.9 Å². The van der Waals surface area contributed by atoms with E-state index in [4.69, 9.17) is 0 Å². The Morgan fingerprint density at radius 1 is 1.04 bits per heavy atom. The van der Waals surface area contributed by atoms with Gasteiger partial charge >= 0.3 is 6.18 Å². The zero-order valence-corrected chi connectivity index (χ0v) is 12.1. The molecule has 3 nitrogen and oxygen atoms in total. The summed E-state index contributed by atoms with van der Waals surface area (Å²) < 4.78 is 65.8. The standard InChI is InChI=1S/C16H10F5N3/c17-12-3-4-24(9-12)8-10-5-13(23-15(18)6-10)11-1-2-14(22-7-11)16(19,20)21/h1-7,9H,8H2. The molecule has 0 aromatic carbocycles. The van der Waals surface area contributed by atoms with E-state index in [-0.39, 0.29) is 17.8 Å². The summed E-state index contributed by atoms with van der Waals surface area (Å²) in [5.41, 5.74) is -0.139. The van der Waals surface area contributed by atoms with Crippen molar-refractivity contribution in [3.63, 3.8) is 0 Å². The van der Waals surface area contributed by atoms with Crippen molar-refractivity contribution >= 4 is 0 Å². The number of hydrogen-bond acceptors (Lipinski definition) is 2. The number of nitrogens with zero attached hydrogens (tertiary/aromatic N) is 3. The molecule has 8 heteroatoms. The SMILES string of the molecule is Fc1ccn(Cc2cc(F)nc(-c3ccc(C(F)(F)F)nc3)c2)c1. The monoisotopic (exact) mass is 339 g/mol. The smallest absolute Gasteiger partial charge is 0.347 e. The second-order valence-electron chi connectivity index (χ2n) is 5.12. The minimum atomic E-state index is -4.54. The third-order valence-electron chi connectivity index (χ3n) is 3.28. The number of rotatable bonds is 3. The van der Waals surface area contributed by atoms with Crippen molar-refractivity contribution in [2.24, 2.45) is 0 Å². The average Bonchev–Trinajstić information content (AvgIpc) is 2.91. The Hall–Kier alpha value is -2.77. The number of alkyl halides is 3. The van der Waals surface area contributed by atoms with Crippen LogP contribution in [-0.2, 0) is 12.7 Å². The summed E-state index contributed by atoms with van der Waals surface area (Å²) in [6, 6.07) is 5.95. The summed E-state index contributed by atoms with van der Waals surface area (Å²) in [4.78, 5) is 7.00. The normalized spacial score (nSPS) is 11.7. The fourth-order valence-electron chi connectivity index (χ4n) is 2.22. The van der Waals surface area contributed by atoms with Crippen molar-refractivity contribution < 1.29 is 22.0 Å². The first-order chi connectivity index (χ1) is 11.3. The lowest BCUT2D eigenvalue weighted by Gasteiger charge is -2.08. The molecule has 3 heterocycles. The molecule has 0 aliphatic carbocycles. The van der Waals surface area contributed by atoms with Crippen molar-refractivity contribution in [2.45, 2.75) is 12.7 Å². The topological polar surface area (TPSA) is 30.7 Å². The highest BCUT2D eigenvalue weighted by atomic mass is 19.4. The average molecular weight is 339 g/mol. The van der Waals surface area contributed by atoms with E-state index in [1.807, 2.05) is 0 Å². The Bertz CT molecular complexity index is 853. The first kappa shape index (κ1) is 16.1. The van der Waals surface area contributed by atoms with Gasteiger partial charge in [0.2, 0.25) is 5.95 Å². The van der Waals surface area contributed by atoms with Crippen LogP contribution in [0.3, 0.4) is 0 Å². The number of halogens is 5. The van der Waals surface area contributed by atoms with Crippen molar-refractivity contribution in [2.75, 3.05) is 0 Å². The summed E-state index contributed by atoms with van der Waals surface area (Å²) in [6.45, 7) is 0.199. The molecule has 124 valence electrons. The van der Waals surface area contributed by atoms with Crippen LogP contribution in [0.4, 0.5) is 22.0 Å². The van der Waals surface area contributed by atoms with E-state index < -0.39 is 23.6 Å². The lowest BCUT2D eigenvalue weighted by molar-refractivity contribution is -0.141. The molecule has 0 atom stereocenters.